The van der Waals surface area contributed by atoms with E-state index in [2.05, 4.69) is 31.5 Å². The van der Waals surface area contributed by atoms with Crippen LogP contribution in [0.4, 0.5) is 0 Å². The lowest BCUT2D eigenvalue weighted by molar-refractivity contribution is 0.0912. The van der Waals surface area contributed by atoms with Crippen molar-refractivity contribution in [1.29, 1.82) is 0 Å². The van der Waals surface area contributed by atoms with E-state index in [1.165, 1.54) is 11.3 Å². The Morgan fingerprint density at radius 3 is 2.86 bits per heavy atom. The minimum absolute atomic E-state index is 0.0468. The number of carbonyl (C=O) groups is 1. The Bertz CT molecular complexity index is 966. The first kappa shape index (κ1) is 20.5. The molecule has 0 spiro atoms. The fourth-order valence-electron chi connectivity index (χ4n) is 3.48. The molecule has 0 unspecified atom stereocenters. The number of ether oxygens (including phenoxy) is 1. The highest BCUT2D eigenvalue weighted by Gasteiger charge is 2.22. The number of likely N-dealkylation sites (tertiary alicyclic amines) is 1. The molecule has 0 bridgehead atoms. The molecule has 5 nitrogen and oxygen atoms in total. The van der Waals surface area contributed by atoms with Crippen LogP contribution in [0.5, 0.6) is 5.75 Å². The zero-order chi connectivity index (χ0) is 20.2. The van der Waals surface area contributed by atoms with Crippen molar-refractivity contribution in [2.24, 2.45) is 0 Å². The summed E-state index contributed by atoms with van der Waals surface area (Å²) in [7, 11) is 1.68. The van der Waals surface area contributed by atoms with Crippen molar-refractivity contribution in [1.82, 2.24) is 15.2 Å². The topological polar surface area (TPSA) is 54.5 Å². The maximum absolute atomic E-state index is 12.2. The normalized spacial score (nSPS) is 15.4. The molecule has 1 aromatic carbocycles. The van der Waals surface area contributed by atoms with E-state index >= 15 is 0 Å². The third kappa shape index (κ3) is 5.06. The summed E-state index contributed by atoms with van der Waals surface area (Å²) < 4.78 is 6.50. The van der Waals surface area contributed by atoms with Gasteiger partial charge in [0.2, 0.25) is 0 Å². The molecule has 3 aromatic rings. The van der Waals surface area contributed by atoms with E-state index in [1.807, 2.05) is 35.7 Å². The van der Waals surface area contributed by atoms with E-state index in [1.54, 1.807) is 18.4 Å². The fraction of sp³-hybridized carbons (Fsp3) is 0.333. The third-order valence-corrected chi connectivity index (χ3v) is 7.28. The van der Waals surface area contributed by atoms with Crippen molar-refractivity contribution in [2.75, 3.05) is 20.2 Å². The molecule has 4 rings (SSSR count). The number of piperidine rings is 1. The molecule has 1 amide bonds. The van der Waals surface area contributed by atoms with E-state index < -0.39 is 0 Å². The van der Waals surface area contributed by atoms with E-state index in [0.717, 1.165) is 63.8 Å². The molecule has 0 atom stereocenters. The number of hydrogen-bond acceptors (Lipinski definition) is 6. The molecule has 0 radical (unpaired) electrons. The van der Waals surface area contributed by atoms with Gasteiger partial charge in [-0.25, -0.2) is 4.98 Å². The molecule has 1 fully saturated rings. The van der Waals surface area contributed by atoms with Gasteiger partial charge in [0.1, 0.15) is 10.8 Å². The van der Waals surface area contributed by atoms with Crippen LogP contribution in [0, 0.1) is 0 Å². The Labute approximate surface area is 186 Å². The molecular weight excluding hydrogens is 470 g/mol. The highest BCUT2D eigenvalue weighted by Crippen LogP contribution is 2.34. The number of amides is 1. The molecular formula is C21H22BrN3O2S2. The molecule has 152 valence electrons. The van der Waals surface area contributed by atoms with Gasteiger partial charge in [0.15, 0.2) is 0 Å². The number of thiophene rings is 1. The summed E-state index contributed by atoms with van der Waals surface area (Å²) in [5, 5.41) is 8.19. The molecule has 0 saturated carbocycles. The van der Waals surface area contributed by atoms with Gasteiger partial charge in [-0.15, -0.1) is 22.7 Å². The number of carbonyl (C=O) groups excluding carboxylic acids is 1. The zero-order valence-electron chi connectivity index (χ0n) is 16.1. The van der Waals surface area contributed by atoms with Crippen LogP contribution in [0.1, 0.15) is 28.2 Å². The quantitative estimate of drug-likeness (QED) is 0.524. The molecule has 0 aliphatic carbocycles. The highest BCUT2D eigenvalue weighted by atomic mass is 79.9. The van der Waals surface area contributed by atoms with Crippen molar-refractivity contribution in [3.05, 3.63) is 56.1 Å². The lowest BCUT2D eigenvalue weighted by Crippen LogP contribution is -2.44. The number of benzene rings is 1. The summed E-state index contributed by atoms with van der Waals surface area (Å²) in [5.41, 5.74) is 2.08. The molecule has 8 heteroatoms. The first-order chi connectivity index (χ1) is 14.1. The summed E-state index contributed by atoms with van der Waals surface area (Å²) in [6.45, 7) is 2.75. The van der Waals surface area contributed by atoms with E-state index in [4.69, 9.17) is 9.72 Å². The largest absolute Gasteiger partial charge is 0.496 e. The number of nitrogens with one attached hydrogen (secondary N) is 1. The number of methoxy groups -OCH3 is 1. The maximum atomic E-state index is 12.2. The van der Waals surface area contributed by atoms with Crippen molar-refractivity contribution >= 4 is 44.5 Å². The SMILES string of the molecule is COc1ccc(Br)cc1-c1nc(CN2CCC(NC(=O)c3cccs3)CC2)cs1. The Morgan fingerprint density at radius 2 is 2.14 bits per heavy atom. The first-order valence-corrected chi connectivity index (χ1v) is 12.0. The van der Waals surface area contributed by atoms with Crippen LogP contribution in [0.3, 0.4) is 0 Å². The number of rotatable bonds is 6. The van der Waals surface area contributed by atoms with Crippen LogP contribution in [-0.4, -0.2) is 42.0 Å². The van der Waals surface area contributed by atoms with Crippen LogP contribution in [0.25, 0.3) is 10.6 Å². The minimum Gasteiger partial charge on any atom is -0.496 e. The van der Waals surface area contributed by atoms with Crippen molar-refractivity contribution < 1.29 is 9.53 Å². The van der Waals surface area contributed by atoms with Gasteiger partial charge in [-0.05, 0) is 42.5 Å². The number of nitrogens with zero attached hydrogens (tertiary/aromatic N) is 2. The lowest BCUT2D eigenvalue weighted by atomic mass is 10.0. The van der Waals surface area contributed by atoms with Gasteiger partial charge >= 0.3 is 0 Å². The van der Waals surface area contributed by atoms with Gasteiger partial charge in [0.05, 0.1) is 23.2 Å². The number of hydrogen-bond donors (Lipinski definition) is 1. The van der Waals surface area contributed by atoms with E-state index in [-0.39, 0.29) is 11.9 Å². The highest BCUT2D eigenvalue weighted by molar-refractivity contribution is 9.10. The van der Waals surface area contributed by atoms with Crippen molar-refractivity contribution in [3.8, 4) is 16.3 Å². The van der Waals surface area contributed by atoms with E-state index in [9.17, 15) is 4.79 Å². The van der Waals surface area contributed by atoms with Gasteiger partial charge in [-0.1, -0.05) is 22.0 Å². The average Bonchev–Trinajstić information content (AvgIpc) is 3.42. The molecule has 1 saturated heterocycles. The minimum atomic E-state index is 0.0468. The molecule has 2 aromatic heterocycles. The van der Waals surface area contributed by atoms with Gasteiger partial charge in [0, 0.05) is 35.5 Å². The predicted molar refractivity (Wildman–Crippen MR) is 122 cm³/mol. The Hall–Kier alpha value is -1.74. The summed E-state index contributed by atoms with van der Waals surface area (Å²) in [4.78, 5) is 20.2. The summed E-state index contributed by atoms with van der Waals surface area (Å²) in [5.74, 6) is 0.877. The lowest BCUT2D eigenvalue weighted by Gasteiger charge is -2.31. The fourth-order valence-corrected chi connectivity index (χ4v) is 5.30. The molecule has 1 N–H and O–H groups in total. The molecule has 1 aliphatic heterocycles. The van der Waals surface area contributed by atoms with Crippen LogP contribution in [0.2, 0.25) is 0 Å². The average molecular weight is 492 g/mol. The summed E-state index contributed by atoms with van der Waals surface area (Å²) >= 11 is 6.65. The number of thiazole rings is 1. The van der Waals surface area contributed by atoms with Crippen molar-refractivity contribution in [3.63, 3.8) is 0 Å². The maximum Gasteiger partial charge on any atom is 0.261 e. The van der Waals surface area contributed by atoms with Gasteiger partial charge < -0.3 is 10.1 Å². The van der Waals surface area contributed by atoms with Crippen LogP contribution >= 0.6 is 38.6 Å². The van der Waals surface area contributed by atoms with Gasteiger partial charge in [0.25, 0.3) is 5.91 Å². The van der Waals surface area contributed by atoms with Crippen LogP contribution < -0.4 is 10.1 Å². The Kier molecular flexibility index (Phi) is 6.64. The monoisotopic (exact) mass is 491 g/mol. The summed E-state index contributed by atoms with van der Waals surface area (Å²) in [6.07, 6.45) is 1.93. The predicted octanol–water partition coefficient (Wildman–Crippen LogP) is 5.04. The molecule has 3 heterocycles. The van der Waals surface area contributed by atoms with E-state index in [0.29, 0.717) is 0 Å². The second-order valence-corrected chi connectivity index (χ2v) is 9.71. The van der Waals surface area contributed by atoms with Gasteiger partial charge in [-0.2, -0.15) is 0 Å². The molecule has 29 heavy (non-hydrogen) atoms. The van der Waals surface area contributed by atoms with Gasteiger partial charge in [-0.3, -0.25) is 9.69 Å². The third-order valence-electron chi connectivity index (χ3n) is 5.00. The number of halogens is 1. The molecule has 1 aliphatic rings. The van der Waals surface area contributed by atoms with Crippen LogP contribution in [-0.2, 0) is 6.54 Å². The Morgan fingerprint density at radius 1 is 1.31 bits per heavy atom. The van der Waals surface area contributed by atoms with Crippen molar-refractivity contribution in [2.45, 2.75) is 25.4 Å². The Balaban J connectivity index is 1.33. The first-order valence-electron chi connectivity index (χ1n) is 9.47. The smallest absolute Gasteiger partial charge is 0.261 e. The second kappa shape index (κ2) is 9.38. The van der Waals surface area contributed by atoms with Crippen LogP contribution in [0.15, 0.2) is 45.6 Å². The second-order valence-electron chi connectivity index (χ2n) is 6.99. The standard InChI is InChI=1S/C21H22BrN3O2S2/c1-27-18-5-4-14(22)11-17(18)21-24-16(13-29-21)12-25-8-6-15(7-9-25)23-20(26)19-3-2-10-28-19/h2-5,10-11,13,15H,6-9,12H2,1H3,(H,23,26). The summed E-state index contributed by atoms with van der Waals surface area (Å²) in [6, 6.07) is 10.00. The zero-order valence-corrected chi connectivity index (χ0v) is 19.3. The number of aromatic nitrogens is 1.